The van der Waals surface area contributed by atoms with Crippen LogP contribution in [0.15, 0.2) is 54.6 Å². The second kappa shape index (κ2) is 14.0. The summed E-state index contributed by atoms with van der Waals surface area (Å²) in [5.74, 6) is 0. The lowest BCUT2D eigenvalue weighted by molar-refractivity contribution is 0.916. The van der Waals surface area contributed by atoms with E-state index in [-0.39, 0.29) is 0 Å². The third kappa shape index (κ3) is 8.50. The molecule has 3 aromatic carbocycles. The molecular weight excluding hydrogens is 396 g/mol. The minimum Gasteiger partial charge on any atom is -0.0683 e. The molecule has 0 saturated carbocycles. The molecule has 0 atom stereocenters. The molecule has 3 rings (SSSR count). The molecule has 0 amide bonds. The van der Waals surface area contributed by atoms with E-state index in [1.165, 1.54) is 50.1 Å². The minimum atomic E-state index is 1.12. The number of hydrogen-bond donors (Lipinski definition) is 0. The molecule has 0 aliphatic carbocycles. The van der Waals surface area contributed by atoms with E-state index in [2.05, 4.69) is 89.2 Å². The number of aryl methyl sites for hydroxylation is 9. The maximum atomic E-state index is 2.45. The van der Waals surface area contributed by atoms with E-state index in [0.717, 1.165) is 51.4 Å². The van der Waals surface area contributed by atoms with Gasteiger partial charge in [0.1, 0.15) is 0 Å². The molecule has 0 radical (unpaired) electrons. The van der Waals surface area contributed by atoms with Crippen LogP contribution in [0.25, 0.3) is 0 Å². The first-order valence-corrected chi connectivity index (χ1v) is 13.4. The molecule has 0 aliphatic rings. The van der Waals surface area contributed by atoms with Crippen molar-refractivity contribution in [2.75, 3.05) is 0 Å². The summed E-state index contributed by atoms with van der Waals surface area (Å²) in [6, 6.07) is 21.6. The summed E-state index contributed by atoms with van der Waals surface area (Å²) in [6.07, 6.45) is 8.97. The Bertz CT molecular complexity index is 871. The van der Waals surface area contributed by atoms with Crippen molar-refractivity contribution >= 4 is 0 Å². The van der Waals surface area contributed by atoms with Crippen LogP contribution in [0.2, 0.25) is 0 Å². The van der Waals surface area contributed by atoms with Crippen LogP contribution in [0.3, 0.4) is 0 Å². The molecular formula is C33H46. The maximum absolute atomic E-state index is 2.45. The van der Waals surface area contributed by atoms with Gasteiger partial charge in [0, 0.05) is 0 Å². The van der Waals surface area contributed by atoms with E-state index in [1.807, 2.05) is 13.8 Å². The first-order chi connectivity index (χ1) is 16.0. The lowest BCUT2D eigenvalue weighted by Crippen LogP contribution is -1.99. The zero-order valence-corrected chi connectivity index (χ0v) is 22.4. The fraction of sp³-hybridized carbons (Fsp3) is 0.455. The van der Waals surface area contributed by atoms with Crippen LogP contribution >= 0.6 is 0 Å². The molecule has 0 spiro atoms. The van der Waals surface area contributed by atoms with Crippen molar-refractivity contribution in [2.45, 2.75) is 99.8 Å². The van der Waals surface area contributed by atoms with Gasteiger partial charge in [-0.15, -0.1) is 0 Å². The van der Waals surface area contributed by atoms with Crippen molar-refractivity contribution in [3.05, 3.63) is 105 Å². The van der Waals surface area contributed by atoms with Crippen molar-refractivity contribution in [1.82, 2.24) is 0 Å². The molecule has 0 aliphatic heterocycles. The van der Waals surface area contributed by atoms with E-state index < -0.39 is 0 Å². The molecule has 0 heterocycles. The predicted molar refractivity (Wildman–Crippen MR) is 148 cm³/mol. The lowest BCUT2D eigenvalue weighted by atomic mass is 9.94. The van der Waals surface area contributed by atoms with Crippen molar-refractivity contribution in [1.29, 1.82) is 0 Å². The first kappa shape index (κ1) is 26.9. The van der Waals surface area contributed by atoms with Crippen LogP contribution in [-0.2, 0) is 51.4 Å². The van der Waals surface area contributed by atoms with Crippen LogP contribution in [0.1, 0.15) is 91.6 Å². The molecule has 0 aromatic heterocycles. The summed E-state index contributed by atoms with van der Waals surface area (Å²) < 4.78 is 0. The van der Waals surface area contributed by atoms with Crippen LogP contribution in [0, 0.1) is 6.92 Å². The van der Waals surface area contributed by atoms with Crippen molar-refractivity contribution in [3.63, 3.8) is 0 Å². The highest BCUT2D eigenvalue weighted by Gasteiger charge is 2.05. The SMILES string of the molecule is CC.CCc1cc(CC)cc(CCc2cc(C)cc(CCc3cc(CC)cc(CC)c3)c2)c1. The highest BCUT2D eigenvalue weighted by atomic mass is 14.1. The van der Waals surface area contributed by atoms with E-state index in [1.54, 1.807) is 0 Å². The number of benzene rings is 3. The second-order valence-electron chi connectivity index (χ2n) is 9.06. The third-order valence-electron chi connectivity index (χ3n) is 6.46. The highest BCUT2D eigenvalue weighted by molar-refractivity contribution is 5.35. The molecule has 0 saturated heterocycles. The quantitative estimate of drug-likeness (QED) is 0.294. The van der Waals surface area contributed by atoms with Gasteiger partial charge >= 0.3 is 0 Å². The fourth-order valence-electron chi connectivity index (χ4n) is 4.60. The van der Waals surface area contributed by atoms with Gasteiger partial charge in [-0.25, -0.2) is 0 Å². The van der Waals surface area contributed by atoms with Gasteiger partial charge in [0.25, 0.3) is 0 Å². The summed E-state index contributed by atoms with van der Waals surface area (Å²) in [5, 5.41) is 0. The summed E-state index contributed by atoms with van der Waals surface area (Å²) in [6.45, 7) is 15.3. The van der Waals surface area contributed by atoms with Gasteiger partial charge in [0.05, 0.1) is 0 Å². The number of rotatable bonds is 10. The molecule has 3 aromatic rings. The molecule has 0 fully saturated rings. The van der Waals surface area contributed by atoms with Gasteiger partial charge in [-0.3, -0.25) is 0 Å². The van der Waals surface area contributed by atoms with Crippen molar-refractivity contribution < 1.29 is 0 Å². The van der Waals surface area contributed by atoms with Gasteiger partial charge in [-0.05, 0) is 103 Å². The second-order valence-corrected chi connectivity index (χ2v) is 9.06. The zero-order chi connectivity index (χ0) is 24.2. The summed E-state index contributed by atoms with van der Waals surface area (Å²) in [7, 11) is 0. The largest absolute Gasteiger partial charge is 0.0683 e. The smallest absolute Gasteiger partial charge is 0.0238 e. The van der Waals surface area contributed by atoms with Gasteiger partial charge in [-0.2, -0.15) is 0 Å². The fourth-order valence-corrected chi connectivity index (χ4v) is 4.60. The van der Waals surface area contributed by atoms with Gasteiger partial charge in [0.2, 0.25) is 0 Å². The Hall–Kier alpha value is -2.34. The van der Waals surface area contributed by atoms with Crippen LogP contribution in [0.4, 0.5) is 0 Å². The lowest BCUT2D eigenvalue weighted by Gasteiger charge is -2.11. The van der Waals surface area contributed by atoms with Crippen molar-refractivity contribution in [2.24, 2.45) is 0 Å². The Morgan fingerprint density at radius 1 is 0.364 bits per heavy atom. The van der Waals surface area contributed by atoms with Crippen LogP contribution in [0.5, 0.6) is 0 Å². The normalized spacial score (nSPS) is 10.6. The topological polar surface area (TPSA) is 0 Å². The van der Waals surface area contributed by atoms with Gasteiger partial charge in [-0.1, -0.05) is 102 Å². The molecule has 0 bridgehead atoms. The Balaban J connectivity index is 0.00000187. The maximum Gasteiger partial charge on any atom is -0.0238 e. The summed E-state index contributed by atoms with van der Waals surface area (Å²) in [5.41, 5.74) is 13.2. The first-order valence-electron chi connectivity index (χ1n) is 13.4. The summed E-state index contributed by atoms with van der Waals surface area (Å²) >= 11 is 0. The molecule has 0 N–H and O–H groups in total. The van der Waals surface area contributed by atoms with E-state index in [4.69, 9.17) is 0 Å². The Morgan fingerprint density at radius 2 is 0.576 bits per heavy atom. The molecule has 0 heteroatoms. The molecule has 0 nitrogen and oxygen atoms in total. The Morgan fingerprint density at radius 3 is 0.848 bits per heavy atom. The zero-order valence-electron chi connectivity index (χ0n) is 22.4. The van der Waals surface area contributed by atoms with E-state index >= 15 is 0 Å². The Kier molecular flexibility index (Phi) is 11.4. The highest BCUT2D eigenvalue weighted by Crippen LogP contribution is 2.19. The average molecular weight is 443 g/mol. The van der Waals surface area contributed by atoms with Crippen molar-refractivity contribution in [3.8, 4) is 0 Å². The minimum absolute atomic E-state index is 1.12. The molecule has 33 heavy (non-hydrogen) atoms. The summed E-state index contributed by atoms with van der Waals surface area (Å²) in [4.78, 5) is 0. The Labute approximate surface area is 204 Å². The van der Waals surface area contributed by atoms with Crippen LogP contribution in [-0.4, -0.2) is 0 Å². The third-order valence-corrected chi connectivity index (χ3v) is 6.46. The average Bonchev–Trinajstić information content (AvgIpc) is 2.86. The molecule has 178 valence electrons. The monoisotopic (exact) mass is 442 g/mol. The van der Waals surface area contributed by atoms with Gasteiger partial charge < -0.3 is 0 Å². The number of hydrogen-bond acceptors (Lipinski definition) is 0. The van der Waals surface area contributed by atoms with E-state index in [0.29, 0.717) is 0 Å². The van der Waals surface area contributed by atoms with Gasteiger partial charge in [0.15, 0.2) is 0 Å². The standard InChI is InChI=1S/C31H40.C2H6/c1-6-24-16-25(7-2)19-30(18-24)12-10-28-14-23(5)15-29(22-28)11-13-31-20-26(8-3)17-27(9-4)21-31;1-2/h14-22H,6-13H2,1-5H3;1-2H3. The predicted octanol–water partition coefficient (Wildman–Crippen LogP) is 8.84. The van der Waals surface area contributed by atoms with Crippen LogP contribution < -0.4 is 0 Å². The molecule has 0 unspecified atom stereocenters. The van der Waals surface area contributed by atoms with E-state index in [9.17, 15) is 0 Å².